The van der Waals surface area contributed by atoms with Crippen molar-refractivity contribution in [2.24, 2.45) is 0 Å². The molecule has 20 heteroatoms. The molecule has 2 N–H and O–H groups in total. The summed E-state index contributed by atoms with van der Waals surface area (Å²) in [5.41, 5.74) is -0.608. The molecule has 1 aliphatic heterocycles. The lowest BCUT2D eigenvalue weighted by atomic mass is 9.99. The van der Waals surface area contributed by atoms with Crippen LogP contribution in [-0.4, -0.2) is 102 Å². The van der Waals surface area contributed by atoms with Crippen molar-refractivity contribution in [2.75, 3.05) is 50.8 Å². The van der Waals surface area contributed by atoms with Crippen molar-refractivity contribution < 1.29 is 50.7 Å². The number of benzene rings is 2. The van der Waals surface area contributed by atoms with E-state index in [0.717, 1.165) is 22.5 Å². The predicted molar refractivity (Wildman–Crippen MR) is 205 cm³/mol. The molecule has 16 nitrogen and oxygen atoms in total. The van der Waals surface area contributed by atoms with Crippen LogP contribution in [0.15, 0.2) is 77.8 Å². The minimum Gasteiger partial charge on any atom is -0.478 e. The average Bonchev–Trinajstić information content (AvgIpc) is 3.20. The number of nitro groups is 1. The number of piperazine rings is 1. The molecular formula is C38H42F3N7O9S. The van der Waals surface area contributed by atoms with Gasteiger partial charge >= 0.3 is 12.3 Å². The van der Waals surface area contributed by atoms with E-state index in [1.165, 1.54) is 23.1 Å². The highest BCUT2D eigenvalue weighted by Gasteiger charge is 2.40. The molecule has 58 heavy (non-hydrogen) atoms. The largest absolute Gasteiger partial charge is 0.478 e. The van der Waals surface area contributed by atoms with Gasteiger partial charge in [-0.05, 0) is 67.8 Å². The minimum atomic E-state index is -4.94. The van der Waals surface area contributed by atoms with Gasteiger partial charge in [-0.1, -0.05) is 25.1 Å². The van der Waals surface area contributed by atoms with Gasteiger partial charge in [0, 0.05) is 74.9 Å². The number of hydrogen-bond acceptors (Lipinski definition) is 11. The van der Waals surface area contributed by atoms with E-state index in [2.05, 4.69) is 15.3 Å². The number of alkyl halides is 3. The van der Waals surface area contributed by atoms with Gasteiger partial charge in [0.15, 0.2) is 10.6 Å². The summed E-state index contributed by atoms with van der Waals surface area (Å²) in [7, 11) is -4.66. The molecule has 2 amide bonds. The monoisotopic (exact) mass is 829 g/mol. The first-order valence-corrected chi connectivity index (χ1v) is 19.7. The minimum absolute atomic E-state index is 0.00111. The SMILES string of the molecule is CCOc1ccc(C(=O)N2CCN(c3ccc(-c4cccnc4OCC)cc3CN(CCNC(=O)O)S(=O)(=O)c3ccccc3[N+](=O)[O-])[C@H](CC)C2)c(C(F)(F)F)n1. The summed E-state index contributed by atoms with van der Waals surface area (Å²) in [5.74, 6) is -0.835. The third-order valence-corrected chi connectivity index (χ3v) is 11.2. The zero-order chi connectivity index (χ0) is 42.2. The standard InChI is InChI=1S/C38H42F3N7O9S/c1-4-27-24-45(36(49)29-14-16-33(56-5-2)44-34(29)38(39,40)41)20-21-47(27)30-15-13-25(28-10-9-17-42-35(28)57-6-3)22-26(30)23-46(19-18-43-37(50)51)58(54,55)32-12-8-7-11-31(32)48(52)53/h7-17,22,27,43H,4-6,18-21,23-24H2,1-3H3,(H,50,51)/t27-/m1/s1. The van der Waals surface area contributed by atoms with Crippen LogP contribution in [0.2, 0.25) is 0 Å². The number of nitrogens with zero attached hydrogens (tertiary/aromatic N) is 6. The maximum Gasteiger partial charge on any atom is 0.434 e. The maximum absolute atomic E-state index is 14.3. The number of rotatable bonds is 16. The highest BCUT2D eigenvalue weighted by atomic mass is 32.2. The molecule has 0 aliphatic carbocycles. The number of aromatic nitrogens is 2. The molecule has 1 aliphatic rings. The van der Waals surface area contributed by atoms with Crippen LogP contribution in [-0.2, 0) is 22.7 Å². The molecule has 0 unspecified atom stereocenters. The first-order chi connectivity index (χ1) is 27.6. The van der Waals surface area contributed by atoms with E-state index in [0.29, 0.717) is 41.3 Å². The van der Waals surface area contributed by atoms with Gasteiger partial charge in [0.05, 0.1) is 23.7 Å². The van der Waals surface area contributed by atoms with Crippen LogP contribution in [0.1, 0.15) is 48.8 Å². The molecule has 0 saturated carbocycles. The second kappa shape index (κ2) is 18.5. The summed E-state index contributed by atoms with van der Waals surface area (Å²) < 4.78 is 82.9. The molecule has 310 valence electrons. The number of nitrogens with one attached hydrogen (secondary N) is 1. The predicted octanol–water partition coefficient (Wildman–Crippen LogP) is 6.07. The first kappa shape index (κ1) is 43.1. The van der Waals surface area contributed by atoms with Crippen LogP contribution < -0.4 is 19.7 Å². The fourth-order valence-electron chi connectivity index (χ4n) is 6.68. The van der Waals surface area contributed by atoms with E-state index in [-0.39, 0.29) is 38.7 Å². The molecule has 3 heterocycles. The van der Waals surface area contributed by atoms with Crippen molar-refractivity contribution in [1.29, 1.82) is 0 Å². The fraction of sp³-hybridized carbons (Fsp3) is 0.368. The van der Waals surface area contributed by atoms with Gasteiger partial charge in [-0.15, -0.1) is 0 Å². The van der Waals surface area contributed by atoms with Crippen molar-refractivity contribution in [1.82, 2.24) is 24.5 Å². The summed E-state index contributed by atoms with van der Waals surface area (Å²) in [6, 6.07) is 15.3. The number of carboxylic acid groups (broad SMARTS) is 1. The quantitative estimate of drug-likeness (QED) is 0.0979. The molecule has 0 radical (unpaired) electrons. The first-order valence-electron chi connectivity index (χ1n) is 18.3. The zero-order valence-electron chi connectivity index (χ0n) is 31.8. The molecule has 1 saturated heterocycles. The maximum atomic E-state index is 14.3. The van der Waals surface area contributed by atoms with Crippen molar-refractivity contribution in [3.8, 4) is 22.9 Å². The number of para-hydroxylation sites is 1. The van der Waals surface area contributed by atoms with Gasteiger partial charge in [-0.2, -0.15) is 17.5 Å². The van der Waals surface area contributed by atoms with Gasteiger partial charge < -0.3 is 29.7 Å². The number of nitro benzene ring substituents is 1. The lowest BCUT2D eigenvalue weighted by molar-refractivity contribution is -0.387. The fourth-order valence-corrected chi connectivity index (χ4v) is 8.26. The molecular weight excluding hydrogens is 788 g/mol. The Morgan fingerprint density at radius 3 is 2.45 bits per heavy atom. The average molecular weight is 830 g/mol. The van der Waals surface area contributed by atoms with Gasteiger partial charge in [-0.3, -0.25) is 14.9 Å². The van der Waals surface area contributed by atoms with Gasteiger partial charge in [0.2, 0.25) is 21.8 Å². The number of halogens is 3. The van der Waals surface area contributed by atoms with Gasteiger partial charge in [0.25, 0.3) is 11.6 Å². The summed E-state index contributed by atoms with van der Waals surface area (Å²) in [6.07, 6.45) is -4.39. The topological polar surface area (TPSA) is 198 Å². The van der Waals surface area contributed by atoms with Gasteiger partial charge in [-0.25, -0.2) is 23.2 Å². The van der Waals surface area contributed by atoms with E-state index in [9.17, 15) is 46.4 Å². The zero-order valence-corrected chi connectivity index (χ0v) is 32.6. The van der Waals surface area contributed by atoms with Crippen LogP contribution in [0.5, 0.6) is 11.8 Å². The molecule has 5 rings (SSSR count). The van der Waals surface area contributed by atoms with Crippen molar-refractivity contribution >= 4 is 33.4 Å². The van der Waals surface area contributed by atoms with Crippen LogP contribution in [0, 0.1) is 10.1 Å². The summed E-state index contributed by atoms with van der Waals surface area (Å²) in [5, 5.41) is 23.4. The third-order valence-electron chi connectivity index (χ3n) is 9.32. The second-order valence-electron chi connectivity index (χ2n) is 12.9. The number of carbonyl (C=O) groups excluding carboxylic acids is 1. The lowest BCUT2D eigenvalue weighted by Crippen LogP contribution is -2.55. The van der Waals surface area contributed by atoms with E-state index in [4.69, 9.17) is 9.47 Å². The summed E-state index contributed by atoms with van der Waals surface area (Å²) >= 11 is 0. The molecule has 0 bridgehead atoms. The number of hydrogen-bond donors (Lipinski definition) is 2. The van der Waals surface area contributed by atoms with Crippen LogP contribution in [0.3, 0.4) is 0 Å². The molecule has 2 aromatic carbocycles. The normalized spacial score (nSPS) is 14.6. The summed E-state index contributed by atoms with van der Waals surface area (Å²) in [6.45, 7) is 4.52. The highest BCUT2D eigenvalue weighted by Crippen LogP contribution is 2.37. The molecule has 1 atom stereocenters. The Labute approximate surface area is 332 Å². The van der Waals surface area contributed by atoms with E-state index in [1.807, 2.05) is 11.8 Å². The van der Waals surface area contributed by atoms with Crippen LogP contribution in [0.4, 0.5) is 29.3 Å². The van der Waals surface area contributed by atoms with Crippen molar-refractivity contribution in [3.05, 3.63) is 99.9 Å². The van der Waals surface area contributed by atoms with E-state index >= 15 is 0 Å². The Balaban J connectivity index is 1.58. The number of carbonyl (C=O) groups is 2. The van der Waals surface area contributed by atoms with Crippen LogP contribution in [0.25, 0.3) is 11.1 Å². The Hall–Kier alpha value is -6.02. The highest BCUT2D eigenvalue weighted by molar-refractivity contribution is 7.89. The third kappa shape index (κ3) is 9.74. The van der Waals surface area contributed by atoms with E-state index < -0.39 is 74.1 Å². The Morgan fingerprint density at radius 1 is 1.03 bits per heavy atom. The van der Waals surface area contributed by atoms with Crippen molar-refractivity contribution in [3.63, 3.8) is 0 Å². The molecule has 2 aromatic heterocycles. The number of pyridine rings is 2. The Morgan fingerprint density at radius 2 is 1.78 bits per heavy atom. The second-order valence-corrected chi connectivity index (χ2v) is 14.8. The number of sulfonamides is 1. The lowest BCUT2D eigenvalue weighted by Gasteiger charge is -2.43. The van der Waals surface area contributed by atoms with Crippen LogP contribution >= 0.6 is 0 Å². The number of amides is 2. The molecule has 4 aromatic rings. The number of ether oxygens (including phenoxy) is 2. The molecule has 0 spiro atoms. The van der Waals surface area contributed by atoms with E-state index in [1.54, 1.807) is 50.4 Å². The number of anilines is 1. The van der Waals surface area contributed by atoms with Crippen molar-refractivity contribution in [2.45, 2.75) is 50.9 Å². The Bertz CT molecular complexity index is 2240. The molecule has 1 fully saturated rings. The smallest absolute Gasteiger partial charge is 0.434 e. The summed E-state index contributed by atoms with van der Waals surface area (Å²) in [4.78, 5) is 46.9. The Kier molecular flexibility index (Phi) is 13.7. The van der Waals surface area contributed by atoms with Gasteiger partial charge in [0.1, 0.15) is 0 Å².